The third-order valence-corrected chi connectivity index (χ3v) is 9.79. The first kappa shape index (κ1) is 43.4. The molecular weight excluding hydrogens is 712 g/mol. The number of esters is 8. The number of carbonyl (C=O) groups is 8. The summed E-state index contributed by atoms with van der Waals surface area (Å²) in [5.74, 6) is -9.97. The second-order valence-corrected chi connectivity index (χ2v) is 12.5. The predicted molar refractivity (Wildman–Crippen MR) is 184 cm³/mol. The zero-order chi connectivity index (χ0) is 40.5. The van der Waals surface area contributed by atoms with Crippen molar-refractivity contribution in [2.45, 2.75) is 81.1 Å². The third-order valence-electron chi connectivity index (χ3n) is 9.79. The Morgan fingerprint density at radius 2 is 0.463 bits per heavy atom. The lowest BCUT2D eigenvalue weighted by Gasteiger charge is -2.48. The lowest BCUT2D eigenvalue weighted by Crippen LogP contribution is -2.67. The van der Waals surface area contributed by atoms with Gasteiger partial charge in [0.25, 0.3) is 0 Å². The summed E-state index contributed by atoms with van der Waals surface area (Å²) in [7, 11) is 0. The van der Waals surface area contributed by atoms with Crippen molar-refractivity contribution in [1.82, 2.24) is 0 Å². The SMILES string of the molecule is CCOC(=O)C1(C(=O)OCC)Cc2cc3c(cc2CC1(C(=O)OCC)C(=O)OCC)CC(C(=O)OCC)(C(=O)OCC)C(C(=O)OCC)(C(=O)OCC)C3. The second-order valence-electron chi connectivity index (χ2n) is 12.5. The zero-order valence-corrected chi connectivity index (χ0v) is 32.2. The fraction of sp³-hybridized carbons (Fsp3) is 0.632. The Labute approximate surface area is 313 Å². The Hall–Kier alpha value is -5.02. The fourth-order valence-corrected chi connectivity index (χ4v) is 7.53. The molecule has 16 nitrogen and oxygen atoms in total. The van der Waals surface area contributed by atoms with Crippen LogP contribution < -0.4 is 0 Å². The van der Waals surface area contributed by atoms with Crippen LogP contribution in [0.4, 0.5) is 0 Å². The van der Waals surface area contributed by atoms with Crippen molar-refractivity contribution in [3.8, 4) is 0 Å². The Morgan fingerprint density at radius 3 is 0.574 bits per heavy atom. The largest absolute Gasteiger partial charge is 0.465 e. The van der Waals surface area contributed by atoms with E-state index in [0.29, 0.717) is 0 Å². The molecule has 0 saturated carbocycles. The van der Waals surface area contributed by atoms with Gasteiger partial charge in [-0.1, -0.05) is 12.1 Å². The first-order chi connectivity index (χ1) is 25.7. The zero-order valence-electron chi connectivity index (χ0n) is 32.2. The van der Waals surface area contributed by atoms with E-state index in [2.05, 4.69) is 0 Å². The monoisotopic (exact) mass is 762 g/mol. The standard InChI is InChI=1S/C38H50O16/c1-9-47-27(39)35(28(40)48-10-2)19-23-17-25-21-37(31(43)51-13-5,32(44)52-14-6)38(33(45)53-15-7,34(46)54-16-8)22-26(25)18-24(23)20-36(35,29(41)49-11-3)30(42)50-12-4/h17-18H,9-16,19-22H2,1-8H3. The van der Waals surface area contributed by atoms with E-state index >= 15 is 0 Å². The van der Waals surface area contributed by atoms with E-state index in [-0.39, 0.29) is 75.1 Å². The molecule has 0 amide bonds. The highest BCUT2D eigenvalue weighted by Gasteiger charge is 2.77. The van der Waals surface area contributed by atoms with Gasteiger partial charge in [-0.25, -0.2) is 0 Å². The van der Waals surface area contributed by atoms with E-state index in [9.17, 15) is 38.4 Å². The fourth-order valence-electron chi connectivity index (χ4n) is 7.53. The maximum atomic E-state index is 14.2. The average molecular weight is 763 g/mol. The number of fused-ring (bicyclic) bond motifs is 2. The van der Waals surface area contributed by atoms with Crippen molar-refractivity contribution in [1.29, 1.82) is 0 Å². The number of rotatable bonds is 16. The molecule has 0 aliphatic heterocycles. The number of ether oxygens (including phenoxy) is 8. The van der Waals surface area contributed by atoms with Crippen molar-refractivity contribution < 1.29 is 76.3 Å². The summed E-state index contributed by atoms with van der Waals surface area (Å²) in [6, 6.07) is 2.96. The van der Waals surface area contributed by atoms with Gasteiger partial charge in [-0.05, 0) is 77.6 Å². The lowest BCUT2D eigenvalue weighted by molar-refractivity contribution is -0.205. The van der Waals surface area contributed by atoms with E-state index in [1.54, 1.807) is 0 Å². The second kappa shape index (κ2) is 17.9. The molecular formula is C38H50O16. The topological polar surface area (TPSA) is 210 Å². The van der Waals surface area contributed by atoms with Gasteiger partial charge < -0.3 is 37.9 Å². The molecule has 0 N–H and O–H groups in total. The van der Waals surface area contributed by atoms with Crippen LogP contribution >= 0.6 is 0 Å². The first-order valence-corrected chi connectivity index (χ1v) is 18.2. The minimum Gasteiger partial charge on any atom is -0.465 e. The highest BCUT2D eigenvalue weighted by molar-refractivity contribution is 6.17. The molecule has 16 heteroatoms. The van der Waals surface area contributed by atoms with Crippen LogP contribution in [0.3, 0.4) is 0 Å². The summed E-state index contributed by atoms with van der Waals surface area (Å²) >= 11 is 0. The molecule has 54 heavy (non-hydrogen) atoms. The van der Waals surface area contributed by atoms with E-state index in [4.69, 9.17) is 37.9 Å². The van der Waals surface area contributed by atoms with E-state index in [1.165, 1.54) is 67.5 Å². The van der Waals surface area contributed by atoms with Gasteiger partial charge in [-0.15, -0.1) is 0 Å². The van der Waals surface area contributed by atoms with Gasteiger partial charge >= 0.3 is 47.8 Å². The summed E-state index contributed by atoms with van der Waals surface area (Å²) in [6.45, 7) is 9.84. The van der Waals surface area contributed by atoms with Crippen molar-refractivity contribution in [3.63, 3.8) is 0 Å². The maximum Gasteiger partial charge on any atom is 0.325 e. The summed E-state index contributed by atoms with van der Waals surface area (Å²) in [4.78, 5) is 114. The van der Waals surface area contributed by atoms with E-state index in [0.717, 1.165) is 0 Å². The molecule has 0 radical (unpaired) electrons. The van der Waals surface area contributed by atoms with Gasteiger partial charge in [0.05, 0.1) is 52.9 Å². The summed E-state index contributed by atoms with van der Waals surface area (Å²) in [6.07, 6.45) is -2.62. The lowest BCUT2D eigenvalue weighted by atomic mass is 9.51. The Balaban J connectivity index is 2.58. The molecule has 3 rings (SSSR count). The number of carbonyl (C=O) groups excluding carboxylic acids is 8. The van der Waals surface area contributed by atoms with Crippen molar-refractivity contribution in [2.24, 2.45) is 21.7 Å². The highest BCUT2D eigenvalue weighted by atomic mass is 16.6. The van der Waals surface area contributed by atoms with Crippen LogP contribution in [-0.2, 0) is 102 Å². The van der Waals surface area contributed by atoms with Crippen molar-refractivity contribution >= 4 is 47.8 Å². The normalized spacial score (nSPS) is 16.9. The predicted octanol–water partition coefficient (Wildman–Crippen LogP) is 2.33. The number of hydrogen-bond acceptors (Lipinski definition) is 16. The van der Waals surface area contributed by atoms with Crippen LogP contribution in [0.25, 0.3) is 0 Å². The molecule has 1 aromatic carbocycles. The minimum atomic E-state index is -2.67. The number of hydrogen-bond donors (Lipinski definition) is 0. The average Bonchev–Trinajstić information content (AvgIpc) is 3.13. The molecule has 0 aromatic heterocycles. The third kappa shape index (κ3) is 6.79. The van der Waals surface area contributed by atoms with Gasteiger partial charge in [0, 0.05) is 25.7 Å². The first-order valence-electron chi connectivity index (χ1n) is 18.2. The van der Waals surface area contributed by atoms with Crippen LogP contribution in [0.1, 0.15) is 77.6 Å². The van der Waals surface area contributed by atoms with Crippen LogP contribution in [-0.4, -0.2) is 101 Å². The molecule has 0 spiro atoms. The van der Waals surface area contributed by atoms with Gasteiger partial charge in [-0.3, -0.25) is 38.4 Å². The molecule has 0 unspecified atom stereocenters. The Bertz CT molecular complexity index is 1330. The quantitative estimate of drug-likeness (QED) is 0.134. The van der Waals surface area contributed by atoms with E-state index < -0.39 is 95.1 Å². The van der Waals surface area contributed by atoms with Crippen molar-refractivity contribution in [3.05, 3.63) is 34.4 Å². The van der Waals surface area contributed by atoms with Crippen LogP contribution in [0, 0.1) is 21.7 Å². The minimum absolute atomic E-state index is 0.223. The van der Waals surface area contributed by atoms with Gasteiger partial charge in [0.15, 0.2) is 21.7 Å². The summed E-state index contributed by atoms with van der Waals surface area (Å²) in [5.41, 5.74) is -9.81. The Morgan fingerprint density at radius 1 is 0.333 bits per heavy atom. The van der Waals surface area contributed by atoms with Gasteiger partial charge in [-0.2, -0.15) is 0 Å². The molecule has 2 aliphatic carbocycles. The Kier molecular flexibility index (Phi) is 14.4. The molecule has 2 aliphatic rings. The molecule has 0 bridgehead atoms. The molecule has 0 saturated heterocycles. The van der Waals surface area contributed by atoms with Gasteiger partial charge in [0.1, 0.15) is 0 Å². The molecule has 1 aromatic rings. The van der Waals surface area contributed by atoms with Crippen molar-refractivity contribution in [2.75, 3.05) is 52.9 Å². The van der Waals surface area contributed by atoms with Crippen LogP contribution in [0.15, 0.2) is 12.1 Å². The molecule has 298 valence electrons. The summed E-state index contributed by atoms with van der Waals surface area (Å²) in [5, 5.41) is 0. The molecule has 0 heterocycles. The smallest absolute Gasteiger partial charge is 0.325 e. The van der Waals surface area contributed by atoms with Gasteiger partial charge in [0.2, 0.25) is 0 Å². The summed E-state index contributed by atoms with van der Waals surface area (Å²) < 4.78 is 43.1. The number of benzene rings is 1. The van der Waals surface area contributed by atoms with Crippen LogP contribution in [0.2, 0.25) is 0 Å². The molecule has 0 fully saturated rings. The maximum absolute atomic E-state index is 14.2. The highest BCUT2D eigenvalue weighted by Crippen LogP contribution is 2.57. The molecule has 0 atom stereocenters. The van der Waals surface area contributed by atoms with E-state index in [1.807, 2.05) is 0 Å². The van der Waals surface area contributed by atoms with Crippen LogP contribution in [0.5, 0.6) is 0 Å².